The third-order valence-electron chi connectivity index (χ3n) is 5.07. The quantitative estimate of drug-likeness (QED) is 0.532. The smallest absolute Gasteiger partial charge is 0.345 e. The van der Waals surface area contributed by atoms with Gasteiger partial charge in [-0.1, -0.05) is 78.9 Å². The van der Waals surface area contributed by atoms with E-state index in [1.165, 1.54) is 0 Å². The predicted octanol–water partition coefficient (Wildman–Crippen LogP) is 4.22. The molecule has 1 atom stereocenters. The Morgan fingerprint density at radius 1 is 0.871 bits per heavy atom. The zero-order valence-corrected chi connectivity index (χ0v) is 17.2. The summed E-state index contributed by atoms with van der Waals surface area (Å²) in [6, 6.07) is 26.9. The first-order valence-electron chi connectivity index (χ1n) is 10.5. The second-order valence-electron chi connectivity index (χ2n) is 7.62. The van der Waals surface area contributed by atoms with Crippen LogP contribution in [0.2, 0.25) is 0 Å². The van der Waals surface area contributed by atoms with Gasteiger partial charge in [-0.05, 0) is 30.0 Å². The second-order valence-corrected chi connectivity index (χ2v) is 7.62. The number of benzene rings is 3. The van der Waals surface area contributed by atoms with Crippen LogP contribution >= 0.6 is 0 Å². The van der Waals surface area contributed by atoms with Gasteiger partial charge in [0.05, 0.1) is 0 Å². The fourth-order valence-electron chi connectivity index (χ4n) is 3.31. The van der Waals surface area contributed by atoms with E-state index in [9.17, 15) is 9.59 Å². The first-order valence-corrected chi connectivity index (χ1v) is 10.5. The van der Waals surface area contributed by atoms with Crippen molar-refractivity contribution in [1.29, 1.82) is 0 Å². The van der Waals surface area contributed by atoms with E-state index < -0.39 is 12.1 Å². The molecule has 0 unspecified atom stereocenters. The van der Waals surface area contributed by atoms with Crippen molar-refractivity contribution in [2.45, 2.75) is 31.4 Å². The van der Waals surface area contributed by atoms with Crippen molar-refractivity contribution in [2.24, 2.45) is 0 Å². The SMILES string of the molecule is O=C(COc1ccccc1Cc1ccccc1)O[C@@H](C(=O)NC1CC1)c1ccccc1. The van der Waals surface area contributed by atoms with Crippen molar-refractivity contribution in [3.8, 4) is 5.75 Å². The monoisotopic (exact) mass is 415 g/mol. The summed E-state index contributed by atoms with van der Waals surface area (Å²) in [6.07, 6.45) is 1.63. The van der Waals surface area contributed by atoms with E-state index in [1.54, 1.807) is 12.1 Å². The average molecular weight is 415 g/mol. The van der Waals surface area contributed by atoms with Gasteiger partial charge in [-0.3, -0.25) is 4.79 Å². The van der Waals surface area contributed by atoms with Gasteiger partial charge in [0.15, 0.2) is 6.61 Å². The summed E-state index contributed by atoms with van der Waals surface area (Å²) < 4.78 is 11.3. The van der Waals surface area contributed by atoms with Crippen LogP contribution < -0.4 is 10.1 Å². The third-order valence-corrected chi connectivity index (χ3v) is 5.07. The van der Waals surface area contributed by atoms with Gasteiger partial charge >= 0.3 is 5.97 Å². The van der Waals surface area contributed by atoms with E-state index in [4.69, 9.17) is 9.47 Å². The van der Waals surface area contributed by atoms with Gasteiger partial charge in [0.2, 0.25) is 6.10 Å². The minimum atomic E-state index is -0.988. The molecule has 0 aromatic heterocycles. The maximum atomic E-state index is 12.6. The largest absolute Gasteiger partial charge is 0.482 e. The molecule has 1 aliphatic rings. The molecule has 158 valence electrons. The number of carbonyl (C=O) groups excluding carboxylic acids is 2. The summed E-state index contributed by atoms with van der Waals surface area (Å²) >= 11 is 0. The Hall–Kier alpha value is -3.60. The van der Waals surface area contributed by atoms with E-state index in [1.807, 2.05) is 72.8 Å². The predicted molar refractivity (Wildman–Crippen MR) is 118 cm³/mol. The summed E-state index contributed by atoms with van der Waals surface area (Å²) in [4.78, 5) is 25.2. The number of esters is 1. The number of para-hydroxylation sites is 1. The van der Waals surface area contributed by atoms with E-state index in [-0.39, 0.29) is 18.6 Å². The molecule has 0 radical (unpaired) electrons. The van der Waals surface area contributed by atoms with Crippen molar-refractivity contribution < 1.29 is 19.1 Å². The van der Waals surface area contributed by atoms with Gasteiger partial charge in [0.1, 0.15) is 5.75 Å². The van der Waals surface area contributed by atoms with Crippen molar-refractivity contribution in [3.05, 3.63) is 102 Å². The van der Waals surface area contributed by atoms with Crippen molar-refractivity contribution in [1.82, 2.24) is 5.32 Å². The number of carbonyl (C=O) groups is 2. The van der Waals surface area contributed by atoms with E-state index in [0.717, 1.165) is 24.0 Å². The maximum Gasteiger partial charge on any atom is 0.345 e. The van der Waals surface area contributed by atoms with Crippen LogP contribution in [0.1, 0.15) is 35.6 Å². The molecular formula is C26H25NO4. The van der Waals surface area contributed by atoms with Crippen LogP contribution in [0.5, 0.6) is 5.75 Å². The molecule has 5 heteroatoms. The van der Waals surface area contributed by atoms with Crippen LogP contribution in [-0.4, -0.2) is 24.5 Å². The lowest BCUT2D eigenvalue weighted by Crippen LogP contribution is -2.34. The molecule has 1 aliphatic carbocycles. The minimum absolute atomic E-state index is 0.179. The number of hydrogen-bond donors (Lipinski definition) is 1. The van der Waals surface area contributed by atoms with Gasteiger partial charge in [0, 0.05) is 18.0 Å². The van der Waals surface area contributed by atoms with Gasteiger partial charge in [0.25, 0.3) is 5.91 Å². The second kappa shape index (κ2) is 9.94. The molecule has 5 nitrogen and oxygen atoms in total. The molecule has 1 saturated carbocycles. The zero-order chi connectivity index (χ0) is 21.5. The lowest BCUT2D eigenvalue weighted by Gasteiger charge is -2.18. The standard InChI is InChI=1S/C26H25NO4/c28-24(31-25(20-11-5-2-6-12-20)26(29)27-22-15-16-22)18-30-23-14-8-7-13-21(23)17-19-9-3-1-4-10-19/h1-14,22,25H,15-18H2,(H,27,29)/t25-/m1/s1. The molecule has 0 aliphatic heterocycles. The number of hydrogen-bond acceptors (Lipinski definition) is 4. The highest BCUT2D eigenvalue weighted by atomic mass is 16.6. The molecule has 1 fully saturated rings. The topological polar surface area (TPSA) is 64.6 Å². The summed E-state index contributed by atoms with van der Waals surface area (Å²) in [5, 5.41) is 2.91. The average Bonchev–Trinajstić information content (AvgIpc) is 3.62. The Labute approximate surface area is 182 Å². The molecule has 0 spiro atoms. The molecule has 0 saturated heterocycles. The molecular weight excluding hydrogens is 390 g/mol. The van der Waals surface area contributed by atoms with Crippen molar-refractivity contribution >= 4 is 11.9 Å². The van der Waals surface area contributed by atoms with Crippen LogP contribution in [0.25, 0.3) is 0 Å². The van der Waals surface area contributed by atoms with Gasteiger partial charge in [-0.25, -0.2) is 4.79 Å². The normalized spacial score (nSPS) is 13.8. The number of ether oxygens (including phenoxy) is 2. The van der Waals surface area contributed by atoms with Crippen molar-refractivity contribution in [2.75, 3.05) is 6.61 Å². The van der Waals surface area contributed by atoms with E-state index >= 15 is 0 Å². The van der Waals surface area contributed by atoms with E-state index in [0.29, 0.717) is 17.7 Å². The Kier molecular flexibility index (Phi) is 6.62. The Balaban J connectivity index is 1.40. The fraction of sp³-hybridized carbons (Fsp3) is 0.231. The zero-order valence-electron chi connectivity index (χ0n) is 17.2. The summed E-state index contributed by atoms with van der Waals surface area (Å²) in [5.41, 5.74) is 2.77. The molecule has 31 heavy (non-hydrogen) atoms. The van der Waals surface area contributed by atoms with Crippen molar-refractivity contribution in [3.63, 3.8) is 0 Å². The molecule has 4 rings (SSSR count). The lowest BCUT2D eigenvalue weighted by molar-refractivity contribution is -0.158. The molecule has 1 amide bonds. The van der Waals surface area contributed by atoms with Gasteiger partial charge in [-0.15, -0.1) is 0 Å². The Morgan fingerprint density at radius 3 is 2.23 bits per heavy atom. The van der Waals surface area contributed by atoms with Crippen LogP contribution in [0.4, 0.5) is 0 Å². The highest BCUT2D eigenvalue weighted by Crippen LogP contribution is 2.24. The minimum Gasteiger partial charge on any atom is -0.482 e. The van der Waals surface area contributed by atoms with Crippen LogP contribution in [0.15, 0.2) is 84.9 Å². The van der Waals surface area contributed by atoms with E-state index in [2.05, 4.69) is 5.32 Å². The highest BCUT2D eigenvalue weighted by molar-refractivity contribution is 5.85. The number of rotatable bonds is 9. The lowest BCUT2D eigenvalue weighted by atomic mass is 10.0. The first kappa shape index (κ1) is 20.7. The highest BCUT2D eigenvalue weighted by Gasteiger charge is 2.30. The Bertz CT molecular complexity index is 1020. The summed E-state index contributed by atoms with van der Waals surface area (Å²) in [7, 11) is 0. The van der Waals surface area contributed by atoms with Gasteiger partial charge < -0.3 is 14.8 Å². The van der Waals surface area contributed by atoms with Gasteiger partial charge in [-0.2, -0.15) is 0 Å². The Morgan fingerprint density at radius 2 is 1.52 bits per heavy atom. The van der Waals surface area contributed by atoms with Crippen LogP contribution in [0.3, 0.4) is 0 Å². The molecule has 3 aromatic rings. The van der Waals surface area contributed by atoms with Crippen LogP contribution in [-0.2, 0) is 20.7 Å². The summed E-state index contributed by atoms with van der Waals surface area (Å²) in [5.74, 6) is -0.261. The molecule has 0 heterocycles. The number of nitrogens with one attached hydrogen (secondary N) is 1. The first-order chi connectivity index (χ1) is 15.2. The summed E-state index contributed by atoms with van der Waals surface area (Å²) in [6.45, 7) is -0.272. The third kappa shape index (κ3) is 5.95. The fourth-order valence-corrected chi connectivity index (χ4v) is 3.31. The number of amides is 1. The maximum absolute atomic E-state index is 12.6. The molecule has 1 N–H and O–H groups in total. The molecule has 0 bridgehead atoms. The van der Waals surface area contributed by atoms with Crippen LogP contribution in [0, 0.1) is 0 Å². The molecule has 3 aromatic carbocycles.